The highest BCUT2D eigenvalue weighted by atomic mass is 32.2. The monoisotopic (exact) mass is 423 g/mol. The van der Waals surface area contributed by atoms with Gasteiger partial charge in [-0.1, -0.05) is 24.3 Å². The lowest BCUT2D eigenvalue weighted by Gasteiger charge is -2.20. The molecule has 0 aliphatic heterocycles. The van der Waals surface area contributed by atoms with E-state index in [0.717, 1.165) is 28.8 Å². The van der Waals surface area contributed by atoms with E-state index in [2.05, 4.69) is 15.0 Å². The van der Waals surface area contributed by atoms with E-state index < -0.39 is 0 Å². The van der Waals surface area contributed by atoms with Crippen LogP contribution in [0.1, 0.15) is 20.8 Å². The average Bonchev–Trinajstić information content (AvgIpc) is 2.72. The Morgan fingerprint density at radius 1 is 1.00 bits per heavy atom. The van der Waals surface area contributed by atoms with Crippen LogP contribution >= 0.6 is 11.9 Å². The summed E-state index contributed by atoms with van der Waals surface area (Å²) >= 11 is 1.16. The summed E-state index contributed by atoms with van der Waals surface area (Å²) < 4.78 is 14.1. The molecule has 0 aliphatic carbocycles. The maximum absolute atomic E-state index is 12.0. The van der Waals surface area contributed by atoms with Crippen LogP contribution in [0.5, 0.6) is 17.2 Å². The summed E-state index contributed by atoms with van der Waals surface area (Å²) in [5, 5.41) is 2.85. The third kappa shape index (κ3) is 6.15. The van der Waals surface area contributed by atoms with Gasteiger partial charge in [0.2, 0.25) is 0 Å². The number of ether oxygens (including phenoxy) is 2. The second kappa shape index (κ2) is 9.54. The zero-order valence-corrected chi connectivity index (χ0v) is 18.2. The molecule has 0 saturated carbocycles. The molecule has 3 aromatic rings. The zero-order valence-electron chi connectivity index (χ0n) is 17.4. The first-order chi connectivity index (χ1) is 14.3. The van der Waals surface area contributed by atoms with Crippen LogP contribution in [0, 0.1) is 0 Å². The number of benzene rings is 2. The molecule has 156 valence electrons. The fourth-order valence-corrected chi connectivity index (χ4v) is 3.22. The second-order valence-corrected chi connectivity index (χ2v) is 8.44. The molecule has 0 spiro atoms. The molecule has 0 bridgehead atoms. The van der Waals surface area contributed by atoms with Gasteiger partial charge in [-0.2, -0.15) is 0 Å². The number of pyridine rings is 1. The van der Waals surface area contributed by atoms with Gasteiger partial charge in [0.15, 0.2) is 0 Å². The van der Waals surface area contributed by atoms with Crippen molar-refractivity contribution in [2.45, 2.75) is 31.2 Å². The molecule has 6 nitrogen and oxygen atoms in total. The van der Waals surface area contributed by atoms with E-state index in [4.69, 9.17) is 9.47 Å². The van der Waals surface area contributed by atoms with Gasteiger partial charge in [-0.15, -0.1) is 0 Å². The van der Waals surface area contributed by atoms with Gasteiger partial charge < -0.3 is 14.8 Å². The molecule has 1 aromatic heterocycles. The fraction of sp³-hybridized carbons (Fsp3) is 0.217. The molecule has 3 rings (SSSR count). The first-order valence-electron chi connectivity index (χ1n) is 9.45. The maximum atomic E-state index is 12.0. The summed E-state index contributed by atoms with van der Waals surface area (Å²) in [7, 11) is 1.65. The molecule has 0 saturated heterocycles. The first kappa shape index (κ1) is 21.5. The molecular weight excluding hydrogens is 398 g/mol. The highest BCUT2D eigenvalue weighted by molar-refractivity contribution is 7.98. The van der Waals surface area contributed by atoms with E-state index >= 15 is 0 Å². The Hall–Kier alpha value is -3.19. The molecule has 2 N–H and O–H groups in total. The summed E-state index contributed by atoms with van der Waals surface area (Å²) in [6.45, 7) is 5.77. The topological polar surface area (TPSA) is 72.5 Å². The van der Waals surface area contributed by atoms with E-state index in [-0.39, 0.29) is 11.6 Å². The molecule has 2 aromatic carbocycles. The Balaban J connectivity index is 1.73. The van der Waals surface area contributed by atoms with Gasteiger partial charge in [-0.25, -0.2) is 4.79 Å². The van der Waals surface area contributed by atoms with E-state index in [0.29, 0.717) is 16.4 Å². The Morgan fingerprint density at radius 2 is 1.77 bits per heavy atom. The highest BCUT2D eigenvalue weighted by Crippen LogP contribution is 2.32. The van der Waals surface area contributed by atoms with Crippen molar-refractivity contribution in [3.8, 4) is 28.4 Å². The van der Waals surface area contributed by atoms with Gasteiger partial charge in [-0.05, 0) is 68.1 Å². The lowest BCUT2D eigenvalue weighted by atomic mass is 10.1. The molecule has 0 unspecified atom stereocenters. The Bertz CT molecular complexity index is 1000. The van der Waals surface area contributed by atoms with Crippen molar-refractivity contribution >= 4 is 18.0 Å². The van der Waals surface area contributed by atoms with Crippen LogP contribution in [0.15, 0.2) is 71.9 Å². The number of carbonyl (C=O) groups is 1. The first-order valence-corrected chi connectivity index (χ1v) is 10.3. The third-order valence-electron chi connectivity index (χ3n) is 3.97. The average molecular weight is 424 g/mol. The minimum Gasteiger partial charge on any atom is -0.497 e. The SMILES string of the molecule is COc1ccc(-c2cccc(Oc3ccncc3SNC(=O)NC(C)(C)C)c2)cc1. The third-order valence-corrected chi connectivity index (χ3v) is 4.79. The predicted molar refractivity (Wildman–Crippen MR) is 120 cm³/mol. The normalized spacial score (nSPS) is 10.9. The summed E-state index contributed by atoms with van der Waals surface area (Å²) in [5.74, 6) is 2.11. The van der Waals surface area contributed by atoms with Crippen molar-refractivity contribution in [1.29, 1.82) is 0 Å². The van der Waals surface area contributed by atoms with Crippen molar-refractivity contribution in [2.75, 3.05) is 7.11 Å². The molecular formula is C23H25N3O3S. The summed E-state index contributed by atoms with van der Waals surface area (Å²) in [5.41, 5.74) is 1.77. The molecule has 0 atom stereocenters. The van der Waals surface area contributed by atoms with Crippen LogP contribution in [0.4, 0.5) is 4.79 Å². The fourth-order valence-electron chi connectivity index (χ4n) is 2.65. The Labute approximate surface area is 181 Å². The lowest BCUT2D eigenvalue weighted by molar-refractivity contribution is 0.238. The molecule has 7 heteroatoms. The van der Waals surface area contributed by atoms with Crippen molar-refractivity contribution in [1.82, 2.24) is 15.0 Å². The van der Waals surface area contributed by atoms with Gasteiger partial charge >= 0.3 is 6.03 Å². The van der Waals surface area contributed by atoms with Crippen LogP contribution in [-0.4, -0.2) is 23.7 Å². The smallest absolute Gasteiger partial charge is 0.325 e. The zero-order chi connectivity index (χ0) is 21.6. The predicted octanol–water partition coefficient (Wildman–Crippen LogP) is 5.65. The van der Waals surface area contributed by atoms with Crippen molar-refractivity contribution < 1.29 is 14.3 Å². The minimum atomic E-state index is -0.319. The van der Waals surface area contributed by atoms with E-state index in [9.17, 15) is 4.79 Å². The standard InChI is InChI=1S/C23H25N3O3S/c1-23(2,3)25-22(27)26-30-21-15-24-13-12-20(21)29-19-7-5-6-17(14-19)16-8-10-18(28-4)11-9-16/h5-15H,1-4H3,(H2,25,26,27). The highest BCUT2D eigenvalue weighted by Gasteiger charge is 2.15. The van der Waals surface area contributed by atoms with Crippen LogP contribution in [0.2, 0.25) is 0 Å². The number of amides is 2. The van der Waals surface area contributed by atoms with E-state index in [1.807, 2.05) is 69.3 Å². The van der Waals surface area contributed by atoms with Crippen LogP contribution in [0.3, 0.4) is 0 Å². The van der Waals surface area contributed by atoms with Gasteiger partial charge in [0.1, 0.15) is 17.2 Å². The maximum Gasteiger partial charge on any atom is 0.325 e. The number of carbonyl (C=O) groups excluding carboxylic acids is 1. The van der Waals surface area contributed by atoms with Gasteiger partial charge in [0.05, 0.1) is 12.0 Å². The van der Waals surface area contributed by atoms with Gasteiger partial charge in [0, 0.05) is 24.0 Å². The second-order valence-electron chi connectivity index (χ2n) is 7.59. The van der Waals surface area contributed by atoms with Crippen molar-refractivity contribution in [3.05, 3.63) is 67.0 Å². The number of methoxy groups -OCH3 is 1. The Kier molecular flexibility index (Phi) is 6.84. The van der Waals surface area contributed by atoms with Gasteiger partial charge in [-0.3, -0.25) is 9.71 Å². The number of urea groups is 1. The Morgan fingerprint density at radius 3 is 2.47 bits per heavy atom. The van der Waals surface area contributed by atoms with Crippen LogP contribution in [0.25, 0.3) is 11.1 Å². The quantitative estimate of drug-likeness (QED) is 0.501. The largest absolute Gasteiger partial charge is 0.497 e. The molecule has 0 fully saturated rings. The van der Waals surface area contributed by atoms with Crippen molar-refractivity contribution in [2.24, 2.45) is 0 Å². The number of hydrogen-bond donors (Lipinski definition) is 2. The van der Waals surface area contributed by atoms with Crippen molar-refractivity contribution in [3.63, 3.8) is 0 Å². The molecule has 2 amide bonds. The summed E-state index contributed by atoms with van der Waals surface area (Å²) in [6, 6.07) is 17.2. The summed E-state index contributed by atoms with van der Waals surface area (Å²) in [4.78, 5) is 16.9. The molecule has 0 aliphatic rings. The van der Waals surface area contributed by atoms with Crippen LogP contribution < -0.4 is 19.5 Å². The molecule has 1 heterocycles. The number of nitrogens with zero attached hydrogens (tertiary/aromatic N) is 1. The van der Waals surface area contributed by atoms with E-state index in [1.165, 1.54) is 0 Å². The molecule has 0 radical (unpaired) electrons. The van der Waals surface area contributed by atoms with Gasteiger partial charge in [0.25, 0.3) is 0 Å². The van der Waals surface area contributed by atoms with Crippen LogP contribution in [-0.2, 0) is 0 Å². The number of rotatable bonds is 6. The lowest BCUT2D eigenvalue weighted by Crippen LogP contribution is -2.44. The number of hydrogen-bond acceptors (Lipinski definition) is 5. The summed E-state index contributed by atoms with van der Waals surface area (Å²) in [6.07, 6.45) is 3.31. The minimum absolute atomic E-state index is 0.274. The molecule has 30 heavy (non-hydrogen) atoms. The van der Waals surface area contributed by atoms with E-state index in [1.54, 1.807) is 25.6 Å². The number of nitrogens with one attached hydrogen (secondary N) is 2. The number of aromatic nitrogens is 1.